The molecule has 1 aromatic rings. The zero-order valence-corrected chi connectivity index (χ0v) is 17.5. The van der Waals surface area contributed by atoms with Gasteiger partial charge < -0.3 is 0 Å². The van der Waals surface area contributed by atoms with Crippen LogP contribution in [0.5, 0.6) is 0 Å². The van der Waals surface area contributed by atoms with E-state index in [1.807, 2.05) is 6.92 Å². The Morgan fingerprint density at radius 1 is 1.14 bits per heavy atom. The third-order valence-corrected chi connectivity index (χ3v) is 14.7. The molecule has 21 heavy (non-hydrogen) atoms. The average molecular weight is 437 g/mol. The Morgan fingerprint density at radius 2 is 1.71 bits per heavy atom. The average Bonchev–Trinajstić information content (AvgIpc) is 2.44. The van der Waals surface area contributed by atoms with Gasteiger partial charge >= 0.3 is 141 Å². The first-order valence-electron chi connectivity index (χ1n) is 7.49. The second-order valence-corrected chi connectivity index (χ2v) is 14.9. The van der Waals surface area contributed by atoms with Crippen LogP contribution in [0.1, 0.15) is 45.1 Å². The molecule has 0 heterocycles. The third-order valence-electron chi connectivity index (χ3n) is 3.31. The molecule has 0 N–H and O–H groups in total. The quantitative estimate of drug-likeness (QED) is 0.526. The number of rotatable bonds is 8. The number of unbranched alkanes of at least 4 members (excludes halogenated alkanes) is 2. The first-order chi connectivity index (χ1) is 9.90. The molecule has 0 amide bonds. The first-order valence-corrected chi connectivity index (χ1v) is 14.6. The Balaban J connectivity index is 3.06. The number of nitrogens with zero attached hydrogens (tertiary/aromatic N) is 1. The van der Waals surface area contributed by atoms with Crippen molar-refractivity contribution < 1.29 is 8.42 Å². The van der Waals surface area contributed by atoms with Crippen molar-refractivity contribution in [1.82, 2.24) is 0 Å². The van der Waals surface area contributed by atoms with Crippen LogP contribution in [0.3, 0.4) is 0 Å². The summed E-state index contributed by atoms with van der Waals surface area (Å²) in [6.07, 6.45) is 4.39. The minimum atomic E-state index is -3.51. The fourth-order valence-corrected chi connectivity index (χ4v) is 13.7. The maximum absolute atomic E-state index is 12.5. The molecule has 0 aliphatic heterocycles. The number of aryl methyl sites for hydroxylation is 1. The summed E-state index contributed by atoms with van der Waals surface area (Å²) >= 11 is 3.76. The summed E-state index contributed by atoms with van der Waals surface area (Å²) in [4.78, 5) is 0.287. The van der Waals surface area contributed by atoms with Crippen molar-refractivity contribution >= 4 is 41.2 Å². The topological polar surface area (TPSA) is 46.5 Å². The molecule has 6 heteroatoms. The van der Waals surface area contributed by atoms with Crippen LogP contribution >= 0.6 is 11.6 Å². The normalized spacial score (nSPS) is 11.4. The van der Waals surface area contributed by atoms with E-state index in [0.29, 0.717) is 5.02 Å². The van der Waals surface area contributed by atoms with Crippen molar-refractivity contribution in [1.29, 1.82) is 0 Å². The van der Waals surface area contributed by atoms with Gasteiger partial charge in [-0.3, -0.25) is 0 Å². The molecule has 0 unspecified atom stereocenters. The molecular formula is C15H24ClNO2SSn. The van der Waals surface area contributed by atoms with E-state index in [1.165, 1.54) is 0 Å². The van der Waals surface area contributed by atoms with Crippen LogP contribution < -0.4 is 0 Å². The van der Waals surface area contributed by atoms with Crippen molar-refractivity contribution in [2.24, 2.45) is 2.56 Å². The number of hydrogen-bond donors (Lipinski definition) is 0. The van der Waals surface area contributed by atoms with Gasteiger partial charge in [0.25, 0.3) is 0 Å². The van der Waals surface area contributed by atoms with E-state index in [-0.39, 0.29) is 4.90 Å². The minimum absolute atomic E-state index is 0.287. The van der Waals surface area contributed by atoms with Crippen LogP contribution in [0, 0.1) is 6.92 Å². The molecule has 0 fully saturated rings. The molecule has 0 atom stereocenters. The molecule has 3 nitrogen and oxygen atoms in total. The van der Waals surface area contributed by atoms with E-state index in [0.717, 1.165) is 40.1 Å². The summed E-state index contributed by atoms with van der Waals surface area (Å²) in [6, 6.07) is 4.83. The molecule has 118 valence electrons. The summed E-state index contributed by atoms with van der Waals surface area (Å²) in [5.74, 6) is 0. The fraction of sp³-hybridized carbons (Fsp3) is 0.600. The fourth-order valence-electron chi connectivity index (χ4n) is 1.98. The maximum atomic E-state index is 12.5. The molecule has 0 radical (unpaired) electrons. The molecule has 0 aliphatic rings. The van der Waals surface area contributed by atoms with Gasteiger partial charge in [-0.05, 0) is 0 Å². The molecule has 1 aromatic carbocycles. The van der Waals surface area contributed by atoms with E-state index >= 15 is 0 Å². The monoisotopic (exact) mass is 437 g/mol. The van der Waals surface area contributed by atoms with Gasteiger partial charge in [0.05, 0.1) is 0 Å². The van der Waals surface area contributed by atoms with Gasteiger partial charge in [0.15, 0.2) is 0 Å². The van der Waals surface area contributed by atoms with E-state index < -0.39 is 29.6 Å². The molecule has 0 bridgehead atoms. The van der Waals surface area contributed by atoms with E-state index in [2.05, 4.69) is 16.4 Å². The Morgan fingerprint density at radius 3 is 2.19 bits per heavy atom. The Bertz CT molecular complexity index is 590. The Hall–Kier alpha value is 0.0587. The third kappa shape index (κ3) is 6.36. The predicted octanol–water partition coefficient (Wildman–Crippen LogP) is 5.20. The van der Waals surface area contributed by atoms with Gasteiger partial charge in [-0.1, -0.05) is 0 Å². The molecule has 1 rings (SSSR count). The van der Waals surface area contributed by atoms with Crippen molar-refractivity contribution in [3.63, 3.8) is 0 Å². The summed E-state index contributed by atoms with van der Waals surface area (Å²) in [6.45, 7) is 6.09. The predicted molar refractivity (Wildman–Crippen MR) is 91.0 cm³/mol. The summed E-state index contributed by atoms with van der Waals surface area (Å²) in [7, 11) is -3.51. The van der Waals surface area contributed by atoms with Crippen LogP contribution in [0.2, 0.25) is 13.9 Å². The van der Waals surface area contributed by atoms with Gasteiger partial charge in [0.2, 0.25) is 0 Å². The van der Waals surface area contributed by atoms with Crippen LogP contribution in [0.25, 0.3) is 0 Å². The number of hydrogen-bond acceptors (Lipinski definition) is 2. The number of sulfonamides is 1. The molecule has 0 aliphatic carbocycles. The van der Waals surface area contributed by atoms with Gasteiger partial charge in [-0.2, -0.15) is 0 Å². The number of benzene rings is 1. The summed E-state index contributed by atoms with van der Waals surface area (Å²) < 4.78 is 31.4. The van der Waals surface area contributed by atoms with Crippen LogP contribution in [0.4, 0.5) is 0 Å². The molecule has 0 saturated heterocycles. The van der Waals surface area contributed by atoms with Gasteiger partial charge in [-0.15, -0.1) is 0 Å². The van der Waals surface area contributed by atoms with Crippen LogP contribution in [0.15, 0.2) is 25.7 Å². The van der Waals surface area contributed by atoms with E-state index in [4.69, 9.17) is 11.6 Å². The second kappa shape index (κ2) is 9.25. The van der Waals surface area contributed by atoms with Crippen molar-refractivity contribution in [3.8, 4) is 0 Å². The van der Waals surface area contributed by atoms with Gasteiger partial charge in [0, 0.05) is 0 Å². The van der Waals surface area contributed by atoms with Crippen molar-refractivity contribution in [3.05, 3.63) is 28.8 Å². The SMILES string of the molecule is CCC[CH2][Sn]([CH2]CCC)=[N]S(=O)(=O)c1ccc(Cl)c(C)c1. The van der Waals surface area contributed by atoms with Gasteiger partial charge in [-0.25, -0.2) is 0 Å². The molecular weight excluding hydrogens is 412 g/mol. The standard InChI is InChI=1S/C7H6ClNO2S.2C4H9.Sn/c1-5-4-6(12(9,10)11)2-3-7(5)8;2*1-3-4-2;/h2-4H,1H3;2*1,3-4H2,2H3;. The summed E-state index contributed by atoms with van der Waals surface area (Å²) in [5.41, 5.74) is 0.778. The summed E-state index contributed by atoms with van der Waals surface area (Å²) in [5, 5.41) is 0.588. The zero-order valence-electron chi connectivity index (χ0n) is 13.0. The molecule has 0 spiro atoms. The van der Waals surface area contributed by atoms with E-state index in [9.17, 15) is 8.42 Å². The van der Waals surface area contributed by atoms with Crippen molar-refractivity contribution in [2.45, 2.75) is 60.2 Å². The molecule has 0 aromatic heterocycles. The van der Waals surface area contributed by atoms with Crippen LogP contribution in [-0.2, 0) is 10.0 Å². The second-order valence-electron chi connectivity index (χ2n) is 5.25. The van der Waals surface area contributed by atoms with Crippen LogP contribution in [-0.4, -0.2) is 28.0 Å². The Labute approximate surface area is 140 Å². The van der Waals surface area contributed by atoms with Crippen molar-refractivity contribution in [2.75, 3.05) is 0 Å². The number of halogens is 1. The molecule has 0 saturated carbocycles. The van der Waals surface area contributed by atoms with Gasteiger partial charge in [0.1, 0.15) is 0 Å². The Kier molecular flexibility index (Phi) is 8.42. The zero-order chi connectivity index (χ0) is 15.9. The van der Waals surface area contributed by atoms with E-state index in [1.54, 1.807) is 18.2 Å². The first kappa shape index (κ1) is 19.1.